The maximum absolute atomic E-state index is 8.87. The van der Waals surface area contributed by atoms with Gasteiger partial charge in [0.2, 0.25) is 0 Å². The Morgan fingerprint density at radius 3 is 2.88 bits per heavy atom. The summed E-state index contributed by atoms with van der Waals surface area (Å²) in [6.07, 6.45) is 3.96. The fourth-order valence-corrected chi connectivity index (χ4v) is 1.55. The van der Waals surface area contributed by atoms with Crippen LogP contribution in [0.4, 0.5) is 0 Å². The first-order valence-electron chi connectivity index (χ1n) is 5.13. The van der Waals surface area contributed by atoms with E-state index in [0.29, 0.717) is 18.3 Å². The number of aliphatic hydroxyl groups excluding tert-OH is 1. The summed E-state index contributed by atoms with van der Waals surface area (Å²) in [6.45, 7) is 0.379. The summed E-state index contributed by atoms with van der Waals surface area (Å²) in [5.41, 5.74) is 0.547. The van der Waals surface area contributed by atoms with E-state index in [4.69, 9.17) is 5.11 Å². The Morgan fingerprint density at radius 1 is 1.31 bits per heavy atom. The molecule has 1 aliphatic carbocycles. The summed E-state index contributed by atoms with van der Waals surface area (Å²) in [5.74, 6) is 0.775. The predicted octanol–water partition coefficient (Wildman–Crippen LogP) is -0.860. The zero-order chi connectivity index (χ0) is 11.0. The van der Waals surface area contributed by atoms with Gasteiger partial charge in [0.1, 0.15) is 12.2 Å². The molecule has 0 atom stereocenters. The van der Waals surface area contributed by atoms with Gasteiger partial charge in [-0.1, -0.05) is 5.21 Å². The topological polar surface area (TPSA) is 94.5 Å². The second-order valence-corrected chi connectivity index (χ2v) is 3.84. The molecule has 0 spiro atoms. The number of rotatable bonds is 4. The van der Waals surface area contributed by atoms with Crippen LogP contribution in [-0.4, -0.2) is 40.3 Å². The molecule has 84 valence electrons. The number of nitrogens with zero attached hydrogens (tertiary/aromatic N) is 7. The molecule has 1 fully saturated rings. The van der Waals surface area contributed by atoms with Gasteiger partial charge in [0.05, 0.1) is 18.8 Å². The normalized spacial score (nSPS) is 15.6. The van der Waals surface area contributed by atoms with Crippen molar-refractivity contribution in [2.75, 3.05) is 0 Å². The molecule has 2 heterocycles. The average Bonchev–Trinajstić information content (AvgIpc) is 2.88. The molecule has 0 bridgehead atoms. The summed E-state index contributed by atoms with van der Waals surface area (Å²) in [6, 6.07) is 0.450. The van der Waals surface area contributed by atoms with Gasteiger partial charge >= 0.3 is 0 Å². The zero-order valence-corrected chi connectivity index (χ0v) is 8.56. The van der Waals surface area contributed by atoms with Crippen LogP contribution >= 0.6 is 0 Å². The van der Waals surface area contributed by atoms with Crippen LogP contribution in [0.5, 0.6) is 0 Å². The van der Waals surface area contributed by atoms with Crippen LogP contribution in [0.25, 0.3) is 0 Å². The van der Waals surface area contributed by atoms with E-state index in [9.17, 15) is 0 Å². The third kappa shape index (κ3) is 1.67. The summed E-state index contributed by atoms with van der Waals surface area (Å²) in [5, 5.41) is 28.1. The number of aliphatic hydroxyl groups is 1. The number of aromatic nitrogens is 7. The predicted molar refractivity (Wildman–Crippen MR) is 51.1 cm³/mol. The largest absolute Gasteiger partial charge is 0.390 e. The maximum atomic E-state index is 8.87. The van der Waals surface area contributed by atoms with Crippen LogP contribution in [0.15, 0.2) is 6.20 Å². The number of tetrazole rings is 1. The van der Waals surface area contributed by atoms with Crippen LogP contribution in [0.2, 0.25) is 0 Å². The molecule has 8 nitrogen and oxygen atoms in total. The van der Waals surface area contributed by atoms with Gasteiger partial charge in [0.25, 0.3) is 0 Å². The highest BCUT2D eigenvalue weighted by Crippen LogP contribution is 2.34. The van der Waals surface area contributed by atoms with E-state index in [0.717, 1.165) is 18.7 Å². The molecule has 2 aromatic rings. The van der Waals surface area contributed by atoms with Crippen molar-refractivity contribution < 1.29 is 5.11 Å². The summed E-state index contributed by atoms with van der Waals surface area (Å²) in [4.78, 5) is 0. The molecule has 0 aliphatic heterocycles. The van der Waals surface area contributed by atoms with E-state index in [1.54, 1.807) is 10.9 Å². The molecule has 16 heavy (non-hydrogen) atoms. The maximum Gasteiger partial charge on any atom is 0.173 e. The van der Waals surface area contributed by atoms with E-state index in [1.165, 1.54) is 0 Å². The van der Waals surface area contributed by atoms with Crippen LogP contribution in [-0.2, 0) is 13.2 Å². The zero-order valence-electron chi connectivity index (χ0n) is 8.56. The van der Waals surface area contributed by atoms with Crippen LogP contribution in [0.1, 0.15) is 30.4 Å². The van der Waals surface area contributed by atoms with Crippen molar-refractivity contribution in [2.24, 2.45) is 0 Å². The van der Waals surface area contributed by atoms with Crippen molar-refractivity contribution in [1.82, 2.24) is 35.2 Å². The molecule has 8 heteroatoms. The van der Waals surface area contributed by atoms with Gasteiger partial charge in [-0.2, -0.15) is 0 Å². The highest BCUT2D eigenvalue weighted by Gasteiger charge is 2.27. The highest BCUT2D eigenvalue weighted by atomic mass is 16.3. The average molecular weight is 221 g/mol. The lowest BCUT2D eigenvalue weighted by atomic mass is 10.5. The molecule has 0 saturated heterocycles. The molecule has 0 amide bonds. The minimum absolute atomic E-state index is 0.104. The molecule has 1 aliphatic rings. The van der Waals surface area contributed by atoms with Crippen molar-refractivity contribution >= 4 is 0 Å². The second kappa shape index (κ2) is 3.63. The van der Waals surface area contributed by atoms with Crippen molar-refractivity contribution in [3.63, 3.8) is 0 Å². The SMILES string of the molecule is OCc1cn(Cc2nnnn2C2CC2)nn1. The minimum Gasteiger partial charge on any atom is -0.390 e. The molecule has 0 unspecified atom stereocenters. The molecular weight excluding hydrogens is 210 g/mol. The third-order valence-electron chi connectivity index (χ3n) is 2.51. The molecular formula is C8H11N7O. The van der Waals surface area contributed by atoms with Gasteiger partial charge in [0, 0.05) is 0 Å². The van der Waals surface area contributed by atoms with Gasteiger partial charge in [-0.05, 0) is 23.3 Å². The van der Waals surface area contributed by atoms with E-state index < -0.39 is 0 Å². The monoisotopic (exact) mass is 221 g/mol. The van der Waals surface area contributed by atoms with Gasteiger partial charge in [-0.15, -0.1) is 10.2 Å². The summed E-state index contributed by atoms with van der Waals surface area (Å²) >= 11 is 0. The Kier molecular flexibility index (Phi) is 2.13. The smallest absolute Gasteiger partial charge is 0.173 e. The first kappa shape index (κ1) is 9.40. The first-order valence-corrected chi connectivity index (χ1v) is 5.13. The van der Waals surface area contributed by atoms with Crippen molar-refractivity contribution in [3.05, 3.63) is 17.7 Å². The Morgan fingerprint density at radius 2 is 2.19 bits per heavy atom. The van der Waals surface area contributed by atoms with E-state index >= 15 is 0 Å². The van der Waals surface area contributed by atoms with Gasteiger partial charge in [-0.25, -0.2) is 9.36 Å². The van der Waals surface area contributed by atoms with E-state index in [2.05, 4.69) is 25.8 Å². The fraction of sp³-hybridized carbons (Fsp3) is 0.625. The minimum atomic E-state index is -0.104. The van der Waals surface area contributed by atoms with Crippen molar-refractivity contribution in [1.29, 1.82) is 0 Å². The standard InChI is InChI=1S/C8H11N7O/c16-5-6-3-14(12-9-6)4-8-10-11-13-15(8)7-1-2-7/h3,7,16H,1-2,4-5H2. The Labute approximate surface area is 90.9 Å². The quantitative estimate of drug-likeness (QED) is 0.722. The number of hydrogen-bond donors (Lipinski definition) is 1. The van der Waals surface area contributed by atoms with Crippen molar-refractivity contribution in [3.8, 4) is 0 Å². The van der Waals surface area contributed by atoms with E-state index in [-0.39, 0.29) is 6.61 Å². The van der Waals surface area contributed by atoms with Crippen LogP contribution < -0.4 is 0 Å². The van der Waals surface area contributed by atoms with Crippen LogP contribution in [0.3, 0.4) is 0 Å². The summed E-state index contributed by atoms with van der Waals surface area (Å²) < 4.78 is 3.45. The molecule has 2 aromatic heterocycles. The Hall–Kier alpha value is -1.83. The molecule has 1 N–H and O–H groups in total. The van der Waals surface area contributed by atoms with Crippen molar-refractivity contribution in [2.45, 2.75) is 32.0 Å². The molecule has 0 radical (unpaired) electrons. The first-order chi connectivity index (χ1) is 7.86. The van der Waals surface area contributed by atoms with Gasteiger partial charge in [0.15, 0.2) is 5.82 Å². The Bertz CT molecular complexity index is 486. The fourth-order valence-electron chi connectivity index (χ4n) is 1.55. The second-order valence-electron chi connectivity index (χ2n) is 3.84. The van der Waals surface area contributed by atoms with E-state index in [1.807, 2.05) is 4.68 Å². The lowest BCUT2D eigenvalue weighted by molar-refractivity contribution is 0.276. The molecule has 3 rings (SSSR count). The lowest BCUT2D eigenvalue weighted by Crippen LogP contribution is -2.09. The molecule has 1 saturated carbocycles. The van der Waals surface area contributed by atoms with Crippen LogP contribution in [0, 0.1) is 0 Å². The molecule has 0 aromatic carbocycles. The lowest BCUT2D eigenvalue weighted by Gasteiger charge is -2.01. The Balaban J connectivity index is 1.79. The van der Waals surface area contributed by atoms with Gasteiger partial charge < -0.3 is 5.11 Å². The highest BCUT2D eigenvalue weighted by molar-refractivity contribution is 4.94. The third-order valence-corrected chi connectivity index (χ3v) is 2.51. The van der Waals surface area contributed by atoms with Gasteiger partial charge in [-0.3, -0.25) is 0 Å². The number of hydrogen-bond acceptors (Lipinski definition) is 6. The summed E-state index contributed by atoms with van der Waals surface area (Å²) in [7, 11) is 0.